The molecule has 9 heteroatoms. The van der Waals surface area contributed by atoms with Crippen LogP contribution in [0.3, 0.4) is 0 Å². The van der Waals surface area contributed by atoms with Crippen molar-refractivity contribution in [2.75, 3.05) is 5.32 Å². The number of nitrogens with zero attached hydrogens (tertiary/aromatic N) is 2. The Morgan fingerprint density at radius 3 is 2.47 bits per heavy atom. The van der Waals surface area contributed by atoms with Gasteiger partial charge >= 0.3 is 0 Å². The van der Waals surface area contributed by atoms with Gasteiger partial charge in [-0.2, -0.15) is 0 Å². The standard InChI is InChI=1S/C27H22Cl2N4O3/c28-21-8-9-22(25(29)20(21)16-34)33-15-1-2-23(33)26(30)24(35)10-5-17-3-6-18(7-4-17)27(36)32-19-11-13-31-14-12-19/h1-15,26,34H,16,30H2,(H,31,32,36)/b10-5+. The average Bonchev–Trinajstić information content (AvgIpc) is 3.37. The molecule has 4 N–H and O–H groups in total. The van der Waals surface area contributed by atoms with Gasteiger partial charge in [0.05, 0.1) is 17.3 Å². The Morgan fingerprint density at radius 1 is 1.06 bits per heavy atom. The Kier molecular flexibility index (Phi) is 7.97. The molecule has 0 spiro atoms. The lowest BCUT2D eigenvalue weighted by atomic mass is 10.1. The van der Waals surface area contributed by atoms with Crippen LogP contribution in [0.2, 0.25) is 10.0 Å². The first-order chi connectivity index (χ1) is 17.4. The Labute approximate surface area is 217 Å². The molecule has 2 aromatic carbocycles. The van der Waals surface area contributed by atoms with Crippen molar-refractivity contribution in [2.45, 2.75) is 12.6 Å². The van der Waals surface area contributed by atoms with Gasteiger partial charge in [0, 0.05) is 46.1 Å². The highest BCUT2D eigenvalue weighted by Crippen LogP contribution is 2.32. The quantitative estimate of drug-likeness (QED) is 0.276. The van der Waals surface area contributed by atoms with Gasteiger partial charge in [-0.1, -0.05) is 41.4 Å². The molecule has 36 heavy (non-hydrogen) atoms. The smallest absolute Gasteiger partial charge is 0.255 e. The Hall–Kier alpha value is -3.75. The number of hydrogen-bond donors (Lipinski definition) is 3. The summed E-state index contributed by atoms with van der Waals surface area (Å²) < 4.78 is 1.70. The summed E-state index contributed by atoms with van der Waals surface area (Å²) in [4.78, 5) is 29.2. The van der Waals surface area contributed by atoms with Crippen molar-refractivity contribution in [1.29, 1.82) is 0 Å². The van der Waals surface area contributed by atoms with E-state index in [2.05, 4.69) is 10.3 Å². The lowest BCUT2D eigenvalue weighted by Crippen LogP contribution is -2.22. The summed E-state index contributed by atoms with van der Waals surface area (Å²) in [6.45, 7) is -0.319. The second-order valence-electron chi connectivity index (χ2n) is 7.85. The number of halogens is 2. The number of hydrogen-bond acceptors (Lipinski definition) is 5. The highest BCUT2D eigenvalue weighted by molar-refractivity contribution is 6.37. The predicted molar refractivity (Wildman–Crippen MR) is 141 cm³/mol. The van der Waals surface area contributed by atoms with Crippen LogP contribution in [-0.4, -0.2) is 26.3 Å². The molecule has 0 aliphatic rings. The number of carbonyl (C=O) groups is 2. The van der Waals surface area contributed by atoms with Gasteiger partial charge in [-0.25, -0.2) is 0 Å². The van der Waals surface area contributed by atoms with Crippen LogP contribution in [0.4, 0.5) is 5.69 Å². The molecule has 4 rings (SSSR count). The largest absolute Gasteiger partial charge is 0.392 e. The first-order valence-corrected chi connectivity index (χ1v) is 11.7. The number of nitrogens with one attached hydrogen (secondary N) is 1. The lowest BCUT2D eigenvalue weighted by molar-refractivity contribution is -0.115. The maximum Gasteiger partial charge on any atom is 0.255 e. The van der Waals surface area contributed by atoms with Gasteiger partial charge in [0.25, 0.3) is 5.91 Å². The molecule has 2 aromatic heterocycles. The van der Waals surface area contributed by atoms with E-state index in [-0.39, 0.29) is 23.3 Å². The minimum Gasteiger partial charge on any atom is -0.392 e. The molecule has 0 aliphatic carbocycles. The molecule has 0 saturated carbocycles. The summed E-state index contributed by atoms with van der Waals surface area (Å²) in [5.74, 6) is -0.567. The Bertz CT molecular complexity index is 1420. The zero-order valence-corrected chi connectivity index (χ0v) is 20.4. The van der Waals surface area contributed by atoms with Crippen molar-refractivity contribution in [2.24, 2.45) is 5.73 Å². The fourth-order valence-corrected chi connectivity index (χ4v) is 4.18. The van der Waals surface area contributed by atoms with E-state index < -0.39 is 6.04 Å². The number of anilines is 1. The summed E-state index contributed by atoms with van der Waals surface area (Å²) in [6.07, 6.45) is 7.96. The Morgan fingerprint density at radius 2 is 1.78 bits per heavy atom. The summed E-state index contributed by atoms with van der Waals surface area (Å²) in [5, 5.41) is 13.0. The molecule has 0 radical (unpaired) electrons. The normalized spacial score (nSPS) is 12.0. The highest BCUT2D eigenvalue weighted by atomic mass is 35.5. The molecule has 7 nitrogen and oxygen atoms in total. The molecule has 0 fully saturated rings. The van der Waals surface area contributed by atoms with E-state index in [1.165, 1.54) is 6.08 Å². The number of aliphatic hydroxyl groups is 1. The van der Waals surface area contributed by atoms with Crippen molar-refractivity contribution in [1.82, 2.24) is 9.55 Å². The van der Waals surface area contributed by atoms with E-state index in [1.54, 1.807) is 89.9 Å². The maximum absolute atomic E-state index is 12.9. The minimum absolute atomic E-state index is 0.249. The zero-order valence-electron chi connectivity index (χ0n) is 18.9. The van der Waals surface area contributed by atoms with Crippen molar-refractivity contribution < 1.29 is 14.7 Å². The molecule has 4 aromatic rings. The lowest BCUT2D eigenvalue weighted by Gasteiger charge is -2.16. The van der Waals surface area contributed by atoms with Gasteiger partial charge in [0.2, 0.25) is 0 Å². The number of amides is 1. The fraction of sp³-hybridized carbons (Fsp3) is 0.0741. The predicted octanol–water partition coefficient (Wildman–Crippen LogP) is 5.21. The third kappa shape index (κ3) is 5.56. The monoisotopic (exact) mass is 520 g/mol. The van der Waals surface area contributed by atoms with Gasteiger partial charge in [0.15, 0.2) is 5.78 Å². The summed E-state index contributed by atoms with van der Waals surface area (Å²) in [5.41, 5.74) is 9.62. The molecule has 0 aliphatic heterocycles. The minimum atomic E-state index is -0.953. The second kappa shape index (κ2) is 11.3. The van der Waals surface area contributed by atoms with Crippen LogP contribution in [0.5, 0.6) is 0 Å². The average molecular weight is 521 g/mol. The maximum atomic E-state index is 12.9. The molecule has 1 amide bonds. The number of carbonyl (C=O) groups excluding carboxylic acids is 2. The fourth-order valence-electron chi connectivity index (χ4n) is 3.60. The van der Waals surface area contributed by atoms with Crippen LogP contribution >= 0.6 is 23.2 Å². The van der Waals surface area contributed by atoms with Gasteiger partial charge in [-0.15, -0.1) is 0 Å². The van der Waals surface area contributed by atoms with E-state index in [9.17, 15) is 14.7 Å². The molecule has 0 bridgehead atoms. The van der Waals surface area contributed by atoms with E-state index in [0.717, 1.165) is 5.56 Å². The molecular formula is C27H22Cl2N4O3. The van der Waals surface area contributed by atoms with Crippen molar-refractivity contribution in [3.8, 4) is 5.69 Å². The Balaban J connectivity index is 1.47. The summed E-state index contributed by atoms with van der Waals surface area (Å²) in [7, 11) is 0. The third-order valence-corrected chi connectivity index (χ3v) is 6.32. The number of aromatic nitrogens is 2. The van der Waals surface area contributed by atoms with E-state index >= 15 is 0 Å². The third-order valence-electron chi connectivity index (χ3n) is 5.54. The van der Waals surface area contributed by atoms with E-state index in [1.807, 2.05) is 0 Å². The highest BCUT2D eigenvalue weighted by Gasteiger charge is 2.20. The molecule has 182 valence electrons. The number of benzene rings is 2. The summed E-state index contributed by atoms with van der Waals surface area (Å²) >= 11 is 12.6. The van der Waals surface area contributed by atoms with Gasteiger partial charge in [0.1, 0.15) is 6.04 Å². The van der Waals surface area contributed by atoms with Gasteiger partial charge < -0.3 is 20.7 Å². The molecule has 1 unspecified atom stereocenters. The molecular weight excluding hydrogens is 499 g/mol. The van der Waals surface area contributed by atoms with Crippen molar-refractivity contribution in [3.05, 3.63) is 118 Å². The molecule has 0 saturated heterocycles. The first-order valence-electron chi connectivity index (χ1n) is 10.9. The van der Waals surface area contributed by atoms with Crippen LogP contribution in [-0.2, 0) is 11.4 Å². The van der Waals surface area contributed by atoms with Crippen molar-refractivity contribution in [3.63, 3.8) is 0 Å². The van der Waals surface area contributed by atoms with Crippen LogP contribution in [0.1, 0.15) is 33.2 Å². The van der Waals surface area contributed by atoms with Crippen molar-refractivity contribution >= 4 is 46.7 Å². The number of nitrogens with two attached hydrogens (primary N) is 1. The SMILES string of the molecule is NC(C(=O)/C=C/c1ccc(C(=O)Nc2ccncc2)cc1)c1cccn1-c1ccc(Cl)c(CO)c1Cl. The second-order valence-corrected chi connectivity index (χ2v) is 8.63. The first kappa shape index (κ1) is 25.3. The molecule has 1 atom stereocenters. The van der Waals surface area contributed by atoms with Crippen LogP contribution in [0.15, 0.2) is 85.3 Å². The topological polar surface area (TPSA) is 110 Å². The number of rotatable bonds is 8. The van der Waals surface area contributed by atoms with Gasteiger partial charge in [-0.05, 0) is 60.2 Å². The van der Waals surface area contributed by atoms with Crippen LogP contribution < -0.4 is 11.1 Å². The number of ketones is 1. The van der Waals surface area contributed by atoms with Gasteiger partial charge in [-0.3, -0.25) is 14.6 Å². The van der Waals surface area contributed by atoms with Crippen LogP contribution in [0.25, 0.3) is 11.8 Å². The number of pyridine rings is 1. The number of aliphatic hydroxyl groups excluding tert-OH is 1. The van der Waals surface area contributed by atoms with E-state index in [4.69, 9.17) is 28.9 Å². The molecule has 2 heterocycles. The van der Waals surface area contributed by atoms with E-state index in [0.29, 0.717) is 33.2 Å². The van der Waals surface area contributed by atoms with Crippen LogP contribution in [0, 0.1) is 0 Å². The zero-order chi connectivity index (χ0) is 25.7. The summed E-state index contributed by atoms with van der Waals surface area (Å²) in [6, 6.07) is 16.1.